The zero-order valence-electron chi connectivity index (χ0n) is 31.0. The minimum Gasteiger partial charge on any atom is -0.501 e. The fourth-order valence-corrected chi connectivity index (χ4v) is 7.08. The molecule has 4 aromatic heterocycles. The Kier molecular flexibility index (Phi) is 10.7. The van der Waals surface area contributed by atoms with Crippen molar-refractivity contribution in [1.82, 2.24) is 19.5 Å². The van der Waals surface area contributed by atoms with Crippen LogP contribution in [0.5, 0.6) is 0 Å². The molecule has 9 aromatic rings. The molecule has 1 radical (unpaired) electrons. The maximum Gasteiger partial charge on any atom is 0.120 e. The van der Waals surface area contributed by atoms with E-state index in [-0.39, 0.29) is 20.1 Å². The molecule has 0 saturated carbocycles. The summed E-state index contributed by atoms with van der Waals surface area (Å²) >= 11 is 0. The topological polar surface area (TPSA) is 56.7 Å². The Labute approximate surface area is 330 Å². The van der Waals surface area contributed by atoms with E-state index >= 15 is 0 Å². The van der Waals surface area contributed by atoms with E-state index in [9.17, 15) is 0 Å². The smallest absolute Gasteiger partial charge is 0.120 e. The normalized spacial score (nSPS) is 11.2. The van der Waals surface area contributed by atoms with Crippen molar-refractivity contribution in [2.45, 2.75) is 46.5 Å². The molecule has 0 atom stereocenters. The first kappa shape index (κ1) is 36.7. The Morgan fingerprint density at radius 3 is 2.17 bits per heavy atom. The zero-order valence-corrected chi connectivity index (χ0v) is 33.4. The van der Waals surface area contributed by atoms with Crippen LogP contribution in [-0.4, -0.2) is 19.5 Å². The van der Waals surface area contributed by atoms with E-state index in [1.165, 1.54) is 27.9 Å². The number of rotatable bonds is 6. The van der Waals surface area contributed by atoms with Crippen molar-refractivity contribution in [3.8, 4) is 39.5 Å². The van der Waals surface area contributed by atoms with Gasteiger partial charge in [0.15, 0.2) is 0 Å². The van der Waals surface area contributed by atoms with Gasteiger partial charge in [0.1, 0.15) is 5.58 Å². The molecule has 0 N–H and O–H groups in total. The van der Waals surface area contributed by atoms with E-state index in [1.54, 1.807) is 0 Å². The number of aryl methyl sites for hydroxylation is 1. The van der Waals surface area contributed by atoms with Crippen molar-refractivity contribution in [1.29, 1.82) is 0 Å². The third-order valence-electron chi connectivity index (χ3n) is 9.73. The summed E-state index contributed by atoms with van der Waals surface area (Å²) < 4.78 is 8.70. The molecule has 0 amide bonds. The number of pyridine rings is 2. The molecule has 0 aliphatic heterocycles. The van der Waals surface area contributed by atoms with Gasteiger partial charge in [-0.05, 0) is 64.4 Å². The molecule has 6 heteroatoms. The summed E-state index contributed by atoms with van der Waals surface area (Å²) in [5, 5.41) is 2.17. The summed E-state index contributed by atoms with van der Waals surface area (Å²) in [5.74, 6) is 1.52. The first-order chi connectivity index (χ1) is 25.9. The average Bonchev–Trinajstić information content (AvgIpc) is 3.78. The van der Waals surface area contributed by atoms with Gasteiger partial charge in [-0.15, -0.1) is 54.1 Å². The minimum atomic E-state index is 0. The Hall–Kier alpha value is -5.68. The molecule has 0 saturated heterocycles. The Morgan fingerprint density at radius 2 is 1.43 bits per heavy atom. The number of para-hydroxylation sites is 2. The molecule has 54 heavy (non-hydrogen) atoms. The van der Waals surface area contributed by atoms with Gasteiger partial charge in [0.05, 0.1) is 28.6 Å². The first-order valence-corrected chi connectivity index (χ1v) is 18.2. The number of fused-ring (bicyclic) bond motifs is 4. The summed E-state index contributed by atoms with van der Waals surface area (Å²) in [5.41, 5.74) is 13.7. The Balaban J connectivity index is 0.000000200. The number of hydrogen-bond donors (Lipinski definition) is 0. The molecule has 5 aromatic carbocycles. The molecule has 4 heterocycles. The van der Waals surface area contributed by atoms with E-state index in [4.69, 9.17) is 9.40 Å². The van der Waals surface area contributed by atoms with Gasteiger partial charge in [0.2, 0.25) is 0 Å². The van der Waals surface area contributed by atoms with Crippen LogP contribution in [0.1, 0.15) is 56.2 Å². The maximum absolute atomic E-state index is 6.41. The van der Waals surface area contributed by atoms with Crippen LogP contribution in [-0.2, 0) is 20.1 Å². The van der Waals surface area contributed by atoms with Crippen LogP contribution in [0.25, 0.3) is 72.4 Å². The monoisotopic (exact) mass is 881 g/mol. The molecule has 0 bridgehead atoms. The van der Waals surface area contributed by atoms with Gasteiger partial charge >= 0.3 is 0 Å². The van der Waals surface area contributed by atoms with Crippen LogP contribution < -0.4 is 0 Å². The van der Waals surface area contributed by atoms with Gasteiger partial charge in [0, 0.05) is 43.6 Å². The standard InChI is InChI=1S/C31H28N3O.C17H12N.Ir/c1-18(2)21-11-8-12-22(19(3)4)29(21)34-26-17-32-16-20(5)28(26)33-31(34)25-14-9-13-24-23-10-6-7-15-27(23)35-30(24)25;1-3-7-14(8-4-1)16-11-12-18-17(13-16)15-9-5-2-6-10-15;/h6-13,15-19H,1-5H3;1-9,11-13H;/q2*-1;. The van der Waals surface area contributed by atoms with Crippen LogP contribution in [0.4, 0.5) is 0 Å². The predicted octanol–water partition coefficient (Wildman–Crippen LogP) is 12.6. The second kappa shape index (κ2) is 15.7. The van der Waals surface area contributed by atoms with Crippen molar-refractivity contribution >= 4 is 33.0 Å². The summed E-state index contributed by atoms with van der Waals surface area (Å²) in [6, 6.07) is 47.9. The van der Waals surface area contributed by atoms with E-state index in [1.807, 2.05) is 91.4 Å². The molecule has 0 aliphatic rings. The van der Waals surface area contributed by atoms with Gasteiger partial charge in [-0.2, -0.15) is 0 Å². The minimum absolute atomic E-state index is 0. The number of benzene rings is 5. The summed E-state index contributed by atoms with van der Waals surface area (Å²) in [4.78, 5) is 14.2. The molecule has 0 spiro atoms. The fourth-order valence-electron chi connectivity index (χ4n) is 7.08. The maximum atomic E-state index is 6.41. The first-order valence-electron chi connectivity index (χ1n) is 18.2. The number of hydrogen-bond acceptors (Lipinski definition) is 4. The third kappa shape index (κ3) is 6.91. The molecular weight excluding hydrogens is 841 g/mol. The van der Waals surface area contributed by atoms with Crippen LogP contribution in [0, 0.1) is 19.1 Å². The Bertz CT molecular complexity index is 2610. The number of imidazole rings is 1. The Morgan fingerprint density at radius 1 is 0.685 bits per heavy atom. The van der Waals surface area contributed by atoms with Crippen molar-refractivity contribution < 1.29 is 24.5 Å². The molecule has 5 nitrogen and oxygen atoms in total. The van der Waals surface area contributed by atoms with Gasteiger partial charge in [0.25, 0.3) is 0 Å². The van der Waals surface area contributed by atoms with Gasteiger partial charge in [-0.25, -0.2) is 0 Å². The summed E-state index contributed by atoms with van der Waals surface area (Å²) in [6.45, 7) is 11.1. The van der Waals surface area contributed by atoms with E-state index in [0.29, 0.717) is 11.8 Å². The molecule has 0 unspecified atom stereocenters. The molecule has 269 valence electrons. The van der Waals surface area contributed by atoms with Crippen molar-refractivity contribution in [3.05, 3.63) is 169 Å². The number of furan rings is 1. The largest absolute Gasteiger partial charge is 0.501 e. The SMILES string of the molecule is Cc1cncc2c1nc(-c1[c-]ccc3c1oc1ccccc13)n2-c1c(C(C)C)cccc1C(C)C.[Ir].[c-]1ccccc1-c1cc(-c2ccccc2)ccn1. The zero-order chi connectivity index (χ0) is 36.5. The van der Waals surface area contributed by atoms with Crippen LogP contribution in [0.15, 0.2) is 144 Å². The molecule has 9 rings (SSSR count). The summed E-state index contributed by atoms with van der Waals surface area (Å²) in [6.07, 6.45) is 5.66. The van der Waals surface area contributed by atoms with Crippen molar-refractivity contribution in [2.75, 3.05) is 0 Å². The second-order valence-corrected chi connectivity index (χ2v) is 14.0. The fraction of sp³-hybridized carbons (Fsp3) is 0.146. The molecular formula is C48H40IrN4O-2. The van der Waals surface area contributed by atoms with Gasteiger partial charge in [-0.1, -0.05) is 111 Å². The van der Waals surface area contributed by atoms with Crippen molar-refractivity contribution in [3.63, 3.8) is 0 Å². The number of nitrogens with zero attached hydrogens (tertiary/aromatic N) is 4. The van der Waals surface area contributed by atoms with Crippen molar-refractivity contribution in [2.24, 2.45) is 0 Å². The van der Waals surface area contributed by atoms with Gasteiger partial charge in [-0.3, -0.25) is 9.97 Å². The molecule has 0 fully saturated rings. The predicted molar refractivity (Wildman–Crippen MR) is 217 cm³/mol. The second-order valence-electron chi connectivity index (χ2n) is 14.0. The summed E-state index contributed by atoms with van der Waals surface area (Å²) in [7, 11) is 0. The molecule has 0 aliphatic carbocycles. The number of aromatic nitrogens is 4. The van der Waals surface area contributed by atoms with Crippen LogP contribution in [0.2, 0.25) is 0 Å². The van der Waals surface area contributed by atoms with Crippen LogP contribution in [0.3, 0.4) is 0 Å². The van der Waals surface area contributed by atoms with Gasteiger partial charge < -0.3 is 14.0 Å². The van der Waals surface area contributed by atoms with Crippen LogP contribution >= 0.6 is 0 Å². The van der Waals surface area contributed by atoms with E-state index in [0.717, 1.165) is 61.2 Å². The quantitative estimate of drug-likeness (QED) is 0.156. The third-order valence-corrected chi connectivity index (χ3v) is 9.73. The average molecular weight is 881 g/mol. The van der Waals surface area contributed by atoms with E-state index in [2.05, 4.69) is 110 Å². The van der Waals surface area contributed by atoms with E-state index < -0.39 is 0 Å².